The van der Waals surface area contributed by atoms with Crippen molar-refractivity contribution in [1.82, 2.24) is 15.0 Å². The predicted octanol–water partition coefficient (Wildman–Crippen LogP) is 2.21. The molecule has 0 atom stereocenters. The Bertz CT molecular complexity index is 682. The maximum absolute atomic E-state index is 10.6. The van der Waals surface area contributed by atoms with Gasteiger partial charge in [-0.1, -0.05) is 11.6 Å². The van der Waals surface area contributed by atoms with Gasteiger partial charge < -0.3 is 15.2 Å². The minimum atomic E-state index is -0.566. The number of nitrogen functional groups attached to an aromatic ring is 1. The number of nitrogens with two attached hydrogens (primary N) is 1. The highest BCUT2D eigenvalue weighted by atomic mass is 35.5. The van der Waals surface area contributed by atoms with E-state index in [0.717, 1.165) is 6.07 Å². The van der Waals surface area contributed by atoms with E-state index in [1.54, 1.807) is 6.92 Å². The molecule has 21 heavy (non-hydrogen) atoms. The fourth-order valence-electron chi connectivity index (χ4n) is 1.38. The van der Waals surface area contributed by atoms with Crippen molar-refractivity contribution in [2.24, 2.45) is 0 Å². The second-order valence-corrected chi connectivity index (χ2v) is 4.07. The zero-order valence-electron chi connectivity index (χ0n) is 10.8. The van der Waals surface area contributed by atoms with Crippen molar-refractivity contribution in [2.45, 2.75) is 6.92 Å². The summed E-state index contributed by atoms with van der Waals surface area (Å²) in [6, 6.07) is 3.63. The molecule has 0 saturated heterocycles. The maximum Gasteiger partial charge on any atom is 0.330 e. The zero-order valence-corrected chi connectivity index (χ0v) is 11.6. The van der Waals surface area contributed by atoms with Crippen LogP contribution in [0.25, 0.3) is 0 Å². The lowest BCUT2D eigenvalue weighted by Crippen LogP contribution is -2.05. The van der Waals surface area contributed by atoms with Crippen molar-refractivity contribution >= 4 is 23.2 Å². The smallest absolute Gasteiger partial charge is 0.330 e. The van der Waals surface area contributed by atoms with Crippen LogP contribution in [-0.4, -0.2) is 26.5 Å². The van der Waals surface area contributed by atoms with Crippen molar-refractivity contribution in [1.29, 1.82) is 0 Å². The van der Waals surface area contributed by atoms with Gasteiger partial charge in [-0.05, 0) is 13.0 Å². The number of hydrogen-bond acceptors (Lipinski definition) is 8. The van der Waals surface area contributed by atoms with E-state index in [0.29, 0.717) is 6.61 Å². The Morgan fingerprint density at radius 1 is 1.33 bits per heavy atom. The van der Waals surface area contributed by atoms with Gasteiger partial charge in [-0.25, -0.2) is 0 Å². The first-order valence-corrected chi connectivity index (χ1v) is 6.13. The molecule has 0 amide bonds. The van der Waals surface area contributed by atoms with Gasteiger partial charge in [-0.15, -0.1) is 4.98 Å². The highest BCUT2D eigenvalue weighted by Gasteiger charge is 2.13. The van der Waals surface area contributed by atoms with Gasteiger partial charge in [-0.3, -0.25) is 10.1 Å². The van der Waals surface area contributed by atoms with Gasteiger partial charge >= 0.3 is 12.0 Å². The van der Waals surface area contributed by atoms with Crippen LogP contribution < -0.4 is 15.2 Å². The number of nitro benzene ring substituents is 1. The minimum Gasteiger partial charge on any atom is -0.464 e. The highest BCUT2D eigenvalue weighted by Crippen LogP contribution is 2.31. The molecule has 2 N–H and O–H groups in total. The molecule has 0 spiro atoms. The molecule has 0 aliphatic heterocycles. The Kier molecular flexibility index (Phi) is 4.33. The predicted molar refractivity (Wildman–Crippen MR) is 73.6 cm³/mol. The third-order valence-corrected chi connectivity index (χ3v) is 2.51. The summed E-state index contributed by atoms with van der Waals surface area (Å²) in [7, 11) is 0. The standard InChI is InChI=1S/C11H10ClN5O4/c1-2-20-10-14-9(13)15-11(16-10)21-8-4-3-6(17(18)19)5-7(8)12/h3-5H,2H2,1H3,(H2,13,14,15,16). The first-order chi connectivity index (χ1) is 9.99. The molecular weight excluding hydrogens is 302 g/mol. The molecule has 1 aromatic heterocycles. The normalized spacial score (nSPS) is 10.2. The van der Waals surface area contributed by atoms with Crippen LogP contribution in [0.1, 0.15) is 6.92 Å². The number of ether oxygens (including phenoxy) is 2. The largest absolute Gasteiger partial charge is 0.464 e. The van der Waals surface area contributed by atoms with Crippen molar-refractivity contribution < 1.29 is 14.4 Å². The molecule has 0 aliphatic rings. The summed E-state index contributed by atoms with van der Waals surface area (Å²) in [6.07, 6.45) is 0. The summed E-state index contributed by atoms with van der Waals surface area (Å²) in [5, 5.41) is 10.7. The molecule has 0 bridgehead atoms. The molecular formula is C11H10ClN5O4. The number of anilines is 1. The molecule has 9 nitrogen and oxygen atoms in total. The van der Waals surface area contributed by atoms with E-state index >= 15 is 0 Å². The second kappa shape index (κ2) is 6.18. The summed E-state index contributed by atoms with van der Waals surface area (Å²) in [4.78, 5) is 21.5. The van der Waals surface area contributed by atoms with Crippen LogP contribution in [0.4, 0.5) is 11.6 Å². The van der Waals surface area contributed by atoms with E-state index in [1.165, 1.54) is 12.1 Å². The van der Waals surface area contributed by atoms with Crippen LogP contribution in [-0.2, 0) is 0 Å². The van der Waals surface area contributed by atoms with Crippen molar-refractivity contribution in [3.05, 3.63) is 33.3 Å². The van der Waals surface area contributed by atoms with E-state index in [-0.39, 0.29) is 34.4 Å². The lowest BCUT2D eigenvalue weighted by Gasteiger charge is -2.07. The van der Waals surface area contributed by atoms with Crippen molar-refractivity contribution in [2.75, 3.05) is 12.3 Å². The first-order valence-electron chi connectivity index (χ1n) is 5.75. The summed E-state index contributed by atoms with van der Waals surface area (Å²) >= 11 is 5.90. The van der Waals surface area contributed by atoms with Crippen molar-refractivity contribution in [3.63, 3.8) is 0 Å². The molecule has 0 unspecified atom stereocenters. The number of halogens is 1. The number of nitro groups is 1. The molecule has 0 saturated carbocycles. The minimum absolute atomic E-state index is 0.0121. The van der Waals surface area contributed by atoms with Gasteiger partial charge in [0.05, 0.1) is 16.6 Å². The summed E-state index contributed by atoms with van der Waals surface area (Å²) in [5.41, 5.74) is 5.35. The van der Waals surface area contributed by atoms with E-state index < -0.39 is 4.92 Å². The van der Waals surface area contributed by atoms with E-state index in [2.05, 4.69) is 15.0 Å². The third-order valence-electron chi connectivity index (χ3n) is 2.21. The molecule has 1 aromatic carbocycles. The zero-order chi connectivity index (χ0) is 15.4. The Hall–Kier alpha value is -2.68. The fourth-order valence-corrected chi connectivity index (χ4v) is 1.59. The first kappa shape index (κ1) is 14.7. The Balaban J connectivity index is 2.27. The van der Waals surface area contributed by atoms with Gasteiger partial charge in [-0.2, -0.15) is 9.97 Å². The summed E-state index contributed by atoms with van der Waals surface area (Å²) in [6.45, 7) is 2.11. The molecule has 0 fully saturated rings. The molecule has 1 heterocycles. The lowest BCUT2D eigenvalue weighted by atomic mass is 10.3. The SMILES string of the molecule is CCOc1nc(N)nc(Oc2ccc([N+](=O)[O-])cc2Cl)n1. The maximum atomic E-state index is 10.6. The topological polar surface area (TPSA) is 126 Å². The number of benzene rings is 1. The second-order valence-electron chi connectivity index (χ2n) is 3.67. The molecule has 2 aromatic rings. The molecule has 2 rings (SSSR count). The van der Waals surface area contributed by atoms with Gasteiger partial charge in [0, 0.05) is 12.1 Å². The monoisotopic (exact) mass is 311 g/mol. The van der Waals surface area contributed by atoms with E-state index in [4.69, 9.17) is 26.8 Å². The average Bonchev–Trinajstić information content (AvgIpc) is 2.40. The molecule has 0 radical (unpaired) electrons. The quantitative estimate of drug-likeness (QED) is 0.657. The third kappa shape index (κ3) is 3.66. The van der Waals surface area contributed by atoms with E-state index in [9.17, 15) is 10.1 Å². The highest BCUT2D eigenvalue weighted by molar-refractivity contribution is 6.32. The van der Waals surface area contributed by atoms with Crippen LogP contribution in [0, 0.1) is 10.1 Å². The summed E-state index contributed by atoms with van der Waals surface area (Å²) in [5.74, 6) is 0.0665. The average molecular weight is 312 g/mol. The van der Waals surface area contributed by atoms with Crippen LogP contribution in [0.2, 0.25) is 5.02 Å². The summed E-state index contributed by atoms with van der Waals surface area (Å²) < 4.78 is 10.4. The van der Waals surface area contributed by atoms with Gasteiger partial charge in [0.15, 0.2) is 0 Å². The Labute approximate surface area is 123 Å². The lowest BCUT2D eigenvalue weighted by molar-refractivity contribution is -0.384. The van der Waals surface area contributed by atoms with Crippen LogP contribution in [0.15, 0.2) is 18.2 Å². The van der Waals surface area contributed by atoms with Crippen LogP contribution in [0.3, 0.4) is 0 Å². The number of aromatic nitrogens is 3. The van der Waals surface area contributed by atoms with Gasteiger partial charge in [0.25, 0.3) is 5.69 Å². The molecule has 10 heteroatoms. The molecule has 0 aliphatic carbocycles. The van der Waals surface area contributed by atoms with E-state index in [1.807, 2.05) is 0 Å². The number of non-ortho nitro benzene ring substituents is 1. The van der Waals surface area contributed by atoms with Crippen LogP contribution >= 0.6 is 11.6 Å². The van der Waals surface area contributed by atoms with Crippen molar-refractivity contribution in [3.8, 4) is 17.8 Å². The number of rotatable bonds is 5. The number of nitrogens with zero attached hydrogens (tertiary/aromatic N) is 4. The van der Waals surface area contributed by atoms with Gasteiger partial charge in [0.2, 0.25) is 5.95 Å². The van der Waals surface area contributed by atoms with Crippen LogP contribution in [0.5, 0.6) is 17.8 Å². The Morgan fingerprint density at radius 3 is 2.67 bits per heavy atom. The van der Waals surface area contributed by atoms with Gasteiger partial charge in [0.1, 0.15) is 5.75 Å². The Morgan fingerprint density at radius 2 is 2.05 bits per heavy atom. The number of hydrogen-bond donors (Lipinski definition) is 1. The fraction of sp³-hybridized carbons (Fsp3) is 0.182. The molecule has 110 valence electrons.